The molecule has 1 aromatic rings. The number of nitrogens with zero attached hydrogens (tertiary/aromatic N) is 1. The number of amides is 2. The number of sulfonamides is 1. The summed E-state index contributed by atoms with van der Waals surface area (Å²) in [5.41, 5.74) is 2.44. The van der Waals surface area contributed by atoms with E-state index >= 15 is 0 Å². The van der Waals surface area contributed by atoms with Gasteiger partial charge in [0.25, 0.3) is 0 Å². The number of carbonyl (C=O) groups is 1. The van der Waals surface area contributed by atoms with Gasteiger partial charge in [-0.05, 0) is 37.3 Å². The van der Waals surface area contributed by atoms with Gasteiger partial charge in [0.2, 0.25) is 10.0 Å². The maximum Gasteiger partial charge on any atom is 0.317 e. The van der Waals surface area contributed by atoms with Crippen molar-refractivity contribution in [2.24, 2.45) is 0 Å². The SMILES string of the molecule is Cc1ccccc1CCNC(=O)N1CCC[C@@H](NS(C)(=O)=O)C1. The Bertz CT molecular complexity index is 646. The maximum atomic E-state index is 12.2. The second-order valence-corrected chi connectivity index (χ2v) is 7.86. The van der Waals surface area contributed by atoms with Crippen molar-refractivity contribution < 1.29 is 13.2 Å². The summed E-state index contributed by atoms with van der Waals surface area (Å²) in [4.78, 5) is 13.9. The van der Waals surface area contributed by atoms with E-state index in [2.05, 4.69) is 29.1 Å². The average molecular weight is 339 g/mol. The summed E-state index contributed by atoms with van der Waals surface area (Å²) < 4.78 is 25.2. The summed E-state index contributed by atoms with van der Waals surface area (Å²) in [7, 11) is -3.24. The molecule has 1 fully saturated rings. The summed E-state index contributed by atoms with van der Waals surface area (Å²) in [6.45, 7) is 3.72. The lowest BCUT2D eigenvalue weighted by Crippen LogP contribution is -2.52. The number of hydrogen-bond donors (Lipinski definition) is 2. The molecule has 1 aliphatic rings. The average Bonchev–Trinajstić information content (AvgIpc) is 2.47. The van der Waals surface area contributed by atoms with E-state index in [4.69, 9.17) is 0 Å². The Balaban J connectivity index is 1.80. The molecule has 1 aromatic carbocycles. The molecular weight excluding hydrogens is 314 g/mol. The Hall–Kier alpha value is -1.60. The largest absolute Gasteiger partial charge is 0.338 e. The molecule has 0 bridgehead atoms. The fourth-order valence-electron chi connectivity index (χ4n) is 2.87. The van der Waals surface area contributed by atoms with Gasteiger partial charge in [-0.2, -0.15) is 0 Å². The summed E-state index contributed by atoms with van der Waals surface area (Å²) in [6.07, 6.45) is 3.50. The molecule has 1 aliphatic heterocycles. The van der Waals surface area contributed by atoms with Crippen molar-refractivity contribution in [3.05, 3.63) is 35.4 Å². The van der Waals surface area contributed by atoms with E-state index in [0.717, 1.165) is 25.5 Å². The molecule has 1 heterocycles. The first-order chi connectivity index (χ1) is 10.8. The van der Waals surface area contributed by atoms with Gasteiger partial charge in [0.05, 0.1) is 6.26 Å². The van der Waals surface area contributed by atoms with E-state index in [9.17, 15) is 13.2 Å². The minimum Gasteiger partial charge on any atom is -0.338 e. The topological polar surface area (TPSA) is 78.5 Å². The number of carbonyl (C=O) groups excluding carboxylic acids is 1. The predicted octanol–water partition coefficient (Wildman–Crippen LogP) is 1.26. The predicted molar refractivity (Wildman–Crippen MR) is 90.9 cm³/mol. The Morgan fingerprint density at radius 3 is 2.78 bits per heavy atom. The zero-order chi connectivity index (χ0) is 16.9. The quantitative estimate of drug-likeness (QED) is 0.848. The number of rotatable bonds is 5. The highest BCUT2D eigenvalue weighted by atomic mass is 32.2. The first kappa shape index (κ1) is 17.7. The van der Waals surface area contributed by atoms with Crippen LogP contribution in [0.5, 0.6) is 0 Å². The Labute approximate surface area is 138 Å². The minimum absolute atomic E-state index is 0.126. The lowest BCUT2D eigenvalue weighted by atomic mass is 10.1. The van der Waals surface area contributed by atoms with Crippen molar-refractivity contribution in [2.75, 3.05) is 25.9 Å². The van der Waals surface area contributed by atoms with Gasteiger partial charge in [-0.3, -0.25) is 0 Å². The van der Waals surface area contributed by atoms with Crippen molar-refractivity contribution in [1.29, 1.82) is 0 Å². The highest BCUT2D eigenvalue weighted by Crippen LogP contribution is 2.11. The van der Waals surface area contributed by atoms with Gasteiger partial charge in [0.15, 0.2) is 0 Å². The van der Waals surface area contributed by atoms with Gasteiger partial charge in [-0.1, -0.05) is 24.3 Å². The molecule has 1 saturated heterocycles. The number of benzene rings is 1. The fraction of sp³-hybridized carbons (Fsp3) is 0.562. The van der Waals surface area contributed by atoms with Gasteiger partial charge in [0, 0.05) is 25.7 Å². The standard InChI is InChI=1S/C16H25N3O3S/c1-13-6-3-4-7-14(13)9-10-17-16(20)19-11-5-8-15(12-19)18-23(2,21)22/h3-4,6-7,15,18H,5,8-12H2,1-2H3,(H,17,20)/t15-/m1/s1. The molecule has 0 saturated carbocycles. The maximum absolute atomic E-state index is 12.2. The van der Waals surface area contributed by atoms with Crippen LogP contribution in [0, 0.1) is 6.92 Å². The van der Waals surface area contributed by atoms with Crippen LogP contribution in [-0.2, 0) is 16.4 Å². The zero-order valence-electron chi connectivity index (χ0n) is 13.7. The molecule has 2 rings (SSSR count). The van der Waals surface area contributed by atoms with Crippen molar-refractivity contribution in [1.82, 2.24) is 14.9 Å². The molecule has 23 heavy (non-hydrogen) atoms. The van der Waals surface area contributed by atoms with Crippen LogP contribution in [0.2, 0.25) is 0 Å². The third-order valence-electron chi connectivity index (χ3n) is 4.02. The van der Waals surface area contributed by atoms with Crippen LogP contribution < -0.4 is 10.0 Å². The number of piperidine rings is 1. The lowest BCUT2D eigenvalue weighted by molar-refractivity contribution is 0.177. The van der Waals surface area contributed by atoms with E-state index in [1.54, 1.807) is 4.90 Å². The smallest absolute Gasteiger partial charge is 0.317 e. The van der Waals surface area contributed by atoms with E-state index in [1.807, 2.05) is 12.1 Å². The fourth-order valence-corrected chi connectivity index (χ4v) is 3.66. The van der Waals surface area contributed by atoms with Gasteiger partial charge >= 0.3 is 6.03 Å². The molecule has 0 aromatic heterocycles. The van der Waals surface area contributed by atoms with E-state index in [0.29, 0.717) is 19.6 Å². The molecule has 0 spiro atoms. The van der Waals surface area contributed by atoms with Gasteiger partial charge < -0.3 is 10.2 Å². The van der Waals surface area contributed by atoms with Crippen LogP contribution in [0.3, 0.4) is 0 Å². The van der Waals surface area contributed by atoms with Crippen molar-refractivity contribution >= 4 is 16.1 Å². The normalized spacial score (nSPS) is 18.7. The third kappa shape index (κ3) is 5.84. The van der Waals surface area contributed by atoms with E-state index < -0.39 is 10.0 Å². The molecular formula is C16H25N3O3S. The summed E-state index contributed by atoms with van der Waals surface area (Å²) in [5.74, 6) is 0. The lowest BCUT2D eigenvalue weighted by Gasteiger charge is -2.32. The van der Waals surface area contributed by atoms with Crippen molar-refractivity contribution in [2.45, 2.75) is 32.2 Å². The number of nitrogens with one attached hydrogen (secondary N) is 2. The third-order valence-corrected chi connectivity index (χ3v) is 4.78. The summed E-state index contributed by atoms with van der Waals surface area (Å²) in [5, 5.41) is 2.92. The minimum atomic E-state index is -3.24. The molecule has 0 radical (unpaired) electrons. The second-order valence-electron chi connectivity index (χ2n) is 6.08. The van der Waals surface area contributed by atoms with E-state index in [-0.39, 0.29) is 12.1 Å². The number of urea groups is 1. The van der Waals surface area contributed by atoms with Crippen LogP contribution in [0.25, 0.3) is 0 Å². The van der Waals surface area contributed by atoms with Crippen LogP contribution >= 0.6 is 0 Å². The highest BCUT2D eigenvalue weighted by Gasteiger charge is 2.25. The van der Waals surface area contributed by atoms with Gasteiger partial charge in [0.1, 0.15) is 0 Å². The van der Waals surface area contributed by atoms with Gasteiger partial charge in [-0.25, -0.2) is 17.9 Å². The molecule has 2 N–H and O–H groups in total. The summed E-state index contributed by atoms with van der Waals surface area (Å²) >= 11 is 0. The first-order valence-electron chi connectivity index (χ1n) is 7.90. The van der Waals surface area contributed by atoms with Crippen molar-refractivity contribution in [3.63, 3.8) is 0 Å². The molecule has 6 nitrogen and oxygen atoms in total. The van der Waals surface area contributed by atoms with Crippen LogP contribution in [0.4, 0.5) is 4.79 Å². The van der Waals surface area contributed by atoms with E-state index in [1.165, 1.54) is 11.1 Å². The highest BCUT2D eigenvalue weighted by molar-refractivity contribution is 7.88. The molecule has 0 aliphatic carbocycles. The second kappa shape index (κ2) is 7.79. The Morgan fingerprint density at radius 1 is 1.35 bits per heavy atom. The summed E-state index contributed by atoms with van der Waals surface area (Å²) in [6, 6.07) is 7.80. The molecule has 1 atom stereocenters. The van der Waals surface area contributed by atoms with Crippen molar-refractivity contribution in [3.8, 4) is 0 Å². The molecule has 7 heteroatoms. The van der Waals surface area contributed by atoms with Crippen LogP contribution in [0.15, 0.2) is 24.3 Å². The first-order valence-corrected chi connectivity index (χ1v) is 9.79. The van der Waals surface area contributed by atoms with Gasteiger partial charge in [-0.15, -0.1) is 0 Å². The number of hydrogen-bond acceptors (Lipinski definition) is 3. The number of likely N-dealkylation sites (tertiary alicyclic amines) is 1. The zero-order valence-corrected chi connectivity index (χ0v) is 14.5. The monoisotopic (exact) mass is 339 g/mol. The number of aryl methyl sites for hydroxylation is 1. The van der Waals surface area contributed by atoms with Crippen LogP contribution in [-0.4, -0.2) is 51.3 Å². The van der Waals surface area contributed by atoms with Crippen LogP contribution in [0.1, 0.15) is 24.0 Å². The molecule has 128 valence electrons. The molecule has 0 unspecified atom stereocenters. The Kier molecular flexibility index (Phi) is 6.01. The Morgan fingerprint density at radius 2 is 2.09 bits per heavy atom. The molecule has 2 amide bonds.